The molecule has 0 spiro atoms. The summed E-state index contributed by atoms with van der Waals surface area (Å²) in [5.74, 6) is -1.18. The van der Waals surface area contributed by atoms with E-state index in [-0.39, 0.29) is 11.5 Å². The maximum Gasteiger partial charge on any atom is 0.573 e. The fourth-order valence-corrected chi connectivity index (χ4v) is 1.96. The van der Waals surface area contributed by atoms with Gasteiger partial charge in [-0.15, -0.1) is 13.2 Å². The summed E-state index contributed by atoms with van der Waals surface area (Å²) in [6.45, 7) is 0.578. The molecule has 1 fully saturated rings. The zero-order valence-electron chi connectivity index (χ0n) is 10.9. The molecule has 21 heavy (non-hydrogen) atoms. The molecule has 0 aromatic heterocycles. The lowest BCUT2D eigenvalue weighted by molar-refractivity contribution is -0.274. The molecule has 1 saturated heterocycles. The minimum atomic E-state index is -4.77. The van der Waals surface area contributed by atoms with E-state index < -0.39 is 24.1 Å². The number of piperidine rings is 1. The van der Waals surface area contributed by atoms with E-state index in [4.69, 9.17) is 0 Å². The number of carbonyl (C=O) groups is 2. The van der Waals surface area contributed by atoms with Crippen LogP contribution in [0.15, 0.2) is 24.3 Å². The lowest BCUT2D eigenvalue weighted by Gasteiger charge is -2.22. The molecule has 1 heterocycles. The molecule has 114 valence electrons. The van der Waals surface area contributed by atoms with E-state index in [0.29, 0.717) is 13.0 Å². The second-order valence-corrected chi connectivity index (χ2v) is 4.53. The van der Waals surface area contributed by atoms with Crippen LogP contribution in [0.4, 0.5) is 13.2 Å². The van der Waals surface area contributed by atoms with E-state index in [1.807, 2.05) is 0 Å². The number of rotatable bonds is 3. The fourth-order valence-electron chi connectivity index (χ4n) is 1.96. The highest BCUT2D eigenvalue weighted by Crippen LogP contribution is 2.22. The van der Waals surface area contributed by atoms with Gasteiger partial charge in [0.05, 0.1) is 0 Å². The van der Waals surface area contributed by atoms with Gasteiger partial charge in [-0.25, -0.2) is 0 Å². The minimum Gasteiger partial charge on any atom is -0.406 e. The number of carbonyl (C=O) groups excluding carboxylic acids is 2. The van der Waals surface area contributed by atoms with Crippen LogP contribution in [0, 0.1) is 0 Å². The number of benzene rings is 1. The molecular weight excluding hydrogens is 289 g/mol. The van der Waals surface area contributed by atoms with Crippen molar-refractivity contribution < 1.29 is 27.5 Å². The molecule has 1 aliphatic heterocycles. The predicted octanol–water partition coefficient (Wildman–Crippen LogP) is 1.59. The van der Waals surface area contributed by atoms with Crippen molar-refractivity contribution in [3.8, 4) is 5.75 Å². The van der Waals surface area contributed by atoms with E-state index in [9.17, 15) is 22.8 Å². The highest BCUT2D eigenvalue weighted by atomic mass is 19.4. The van der Waals surface area contributed by atoms with Crippen molar-refractivity contribution in [1.82, 2.24) is 10.6 Å². The molecule has 0 radical (unpaired) electrons. The maximum atomic E-state index is 12.0. The molecule has 1 atom stereocenters. The Morgan fingerprint density at radius 3 is 2.52 bits per heavy atom. The van der Waals surface area contributed by atoms with Crippen molar-refractivity contribution in [3.05, 3.63) is 29.8 Å². The summed E-state index contributed by atoms with van der Waals surface area (Å²) >= 11 is 0. The highest BCUT2D eigenvalue weighted by Gasteiger charge is 2.31. The molecule has 5 nitrogen and oxygen atoms in total. The molecule has 1 aromatic rings. The summed E-state index contributed by atoms with van der Waals surface area (Å²) < 4.78 is 39.7. The van der Waals surface area contributed by atoms with E-state index in [1.54, 1.807) is 0 Å². The molecule has 0 saturated carbocycles. The first-order valence-corrected chi connectivity index (χ1v) is 6.29. The quantitative estimate of drug-likeness (QED) is 0.891. The minimum absolute atomic E-state index is 0.155. The van der Waals surface area contributed by atoms with Gasteiger partial charge < -0.3 is 15.4 Å². The number of hydrogen-bond donors (Lipinski definition) is 2. The summed E-state index contributed by atoms with van der Waals surface area (Å²) in [6.07, 6.45) is -3.48. The van der Waals surface area contributed by atoms with Crippen LogP contribution in [0.3, 0.4) is 0 Å². The molecule has 2 amide bonds. The van der Waals surface area contributed by atoms with Crippen LogP contribution in [0.1, 0.15) is 23.2 Å². The van der Waals surface area contributed by atoms with Gasteiger partial charge in [0, 0.05) is 12.1 Å². The Bertz CT molecular complexity index is 528. The number of hydrogen-bond acceptors (Lipinski definition) is 3. The van der Waals surface area contributed by atoms with Crippen LogP contribution < -0.4 is 15.4 Å². The zero-order valence-corrected chi connectivity index (χ0v) is 10.9. The largest absolute Gasteiger partial charge is 0.573 e. The summed E-state index contributed by atoms with van der Waals surface area (Å²) in [5.41, 5.74) is 0.155. The first-order valence-electron chi connectivity index (χ1n) is 6.29. The van der Waals surface area contributed by atoms with Gasteiger partial charge in [-0.3, -0.25) is 9.59 Å². The Morgan fingerprint density at radius 2 is 1.95 bits per heavy atom. The van der Waals surface area contributed by atoms with Gasteiger partial charge >= 0.3 is 6.36 Å². The monoisotopic (exact) mass is 302 g/mol. The van der Waals surface area contributed by atoms with Crippen LogP contribution >= 0.6 is 0 Å². The third kappa shape index (κ3) is 4.37. The third-order valence-corrected chi connectivity index (χ3v) is 2.94. The molecule has 0 unspecified atom stereocenters. The van der Waals surface area contributed by atoms with Crippen LogP contribution in [0.5, 0.6) is 5.75 Å². The van der Waals surface area contributed by atoms with Gasteiger partial charge in [-0.1, -0.05) is 0 Å². The van der Waals surface area contributed by atoms with E-state index in [1.165, 1.54) is 12.1 Å². The number of alkyl halides is 3. The first-order chi connectivity index (χ1) is 9.85. The zero-order chi connectivity index (χ0) is 15.5. The Morgan fingerprint density at radius 1 is 1.29 bits per heavy atom. The van der Waals surface area contributed by atoms with Crippen molar-refractivity contribution in [2.45, 2.75) is 25.2 Å². The van der Waals surface area contributed by atoms with Gasteiger partial charge in [-0.2, -0.15) is 0 Å². The summed E-state index contributed by atoms with van der Waals surface area (Å²) in [4.78, 5) is 23.4. The summed E-state index contributed by atoms with van der Waals surface area (Å²) in [7, 11) is 0. The van der Waals surface area contributed by atoms with Crippen molar-refractivity contribution in [3.63, 3.8) is 0 Å². The molecular formula is C13H13F3N2O3. The number of ether oxygens (including phenoxy) is 1. The lowest BCUT2D eigenvalue weighted by atomic mass is 10.1. The maximum absolute atomic E-state index is 12.0. The summed E-state index contributed by atoms with van der Waals surface area (Å²) in [5, 5.41) is 5.16. The summed E-state index contributed by atoms with van der Waals surface area (Å²) in [6, 6.07) is 3.89. The van der Waals surface area contributed by atoms with Crippen molar-refractivity contribution in [2.24, 2.45) is 0 Å². The fraction of sp³-hybridized carbons (Fsp3) is 0.385. The Balaban J connectivity index is 1.98. The van der Waals surface area contributed by atoms with E-state index in [2.05, 4.69) is 15.4 Å². The van der Waals surface area contributed by atoms with Gasteiger partial charge in [0.2, 0.25) is 5.91 Å². The standard InChI is InChI=1S/C13H13F3N2O3/c14-13(15,16)21-9-5-3-8(4-6-9)11(19)18-10-2-1-7-17-12(10)20/h3-6,10H,1-2,7H2,(H,17,20)(H,18,19)/t10-/m1/s1. The van der Waals surface area contributed by atoms with Gasteiger partial charge in [0.25, 0.3) is 5.91 Å². The molecule has 0 aliphatic carbocycles. The van der Waals surface area contributed by atoms with Gasteiger partial charge in [0.1, 0.15) is 11.8 Å². The number of amides is 2. The van der Waals surface area contributed by atoms with Crippen LogP contribution in [-0.4, -0.2) is 30.8 Å². The average molecular weight is 302 g/mol. The molecule has 2 N–H and O–H groups in total. The topological polar surface area (TPSA) is 67.4 Å². The van der Waals surface area contributed by atoms with Crippen molar-refractivity contribution in [2.75, 3.05) is 6.54 Å². The van der Waals surface area contributed by atoms with Gasteiger partial charge in [0.15, 0.2) is 0 Å². The third-order valence-electron chi connectivity index (χ3n) is 2.94. The van der Waals surface area contributed by atoms with Crippen LogP contribution in [0.2, 0.25) is 0 Å². The predicted molar refractivity (Wildman–Crippen MR) is 66.6 cm³/mol. The van der Waals surface area contributed by atoms with Crippen LogP contribution in [-0.2, 0) is 4.79 Å². The SMILES string of the molecule is O=C(N[C@@H]1CCCNC1=O)c1ccc(OC(F)(F)F)cc1. The van der Waals surface area contributed by atoms with Crippen molar-refractivity contribution >= 4 is 11.8 Å². The molecule has 1 aliphatic rings. The Labute approximate surface area is 118 Å². The molecule has 1 aromatic carbocycles. The van der Waals surface area contributed by atoms with E-state index in [0.717, 1.165) is 18.6 Å². The van der Waals surface area contributed by atoms with Gasteiger partial charge in [-0.05, 0) is 37.1 Å². The molecule has 8 heteroatoms. The van der Waals surface area contributed by atoms with Crippen LogP contribution in [0.25, 0.3) is 0 Å². The lowest BCUT2D eigenvalue weighted by Crippen LogP contribution is -2.50. The van der Waals surface area contributed by atoms with Crippen molar-refractivity contribution in [1.29, 1.82) is 0 Å². The average Bonchev–Trinajstić information content (AvgIpc) is 2.40. The molecule has 2 rings (SSSR count). The molecule has 0 bridgehead atoms. The Kier molecular flexibility index (Phi) is 4.35. The number of halogens is 3. The second-order valence-electron chi connectivity index (χ2n) is 4.53. The highest BCUT2D eigenvalue weighted by molar-refractivity contribution is 5.97. The second kappa shape index (κ2) is 6.02. The number of nitrogens with one attached hydrogen (secondary N) is 2. The Hall–Kier alpha value is -2.25. The normalized spacial score (nSPS) is 18.8. The smallest absolute Gasteiger partial charge is 0.406 e. The first kappa shape index (κ1) is 15.1. The van der Waals surface area contributed by atoms with E-state index >= 15 is 0 Å².